The number of ether oxygens (including phenoxy) is 1. The topological polar surface area (TPSA) is 9.23 Å². The molecule has 1 nitrogen and oxygen atoms in total. The molecule has 1 heteroatoms. The summed E-state index contributed by atoms with van der Waals surface area (Å²) in [4.78, 5) is 0. The van der Waals surface area contributed by atoms with Crippen molar-refractivity contribution in [3.05, 3.63) is 35.4 Å². The summed E-state index contributed by atoms with van der Waals surface area (Å²) < 4.78 is 5.50. The highest BCUT2D eigenvalue weighted by Crippen LogP contribution is 2.25. The maximum atomic E-state index is 5.50. The predicted molar refractivity (Wildman–Crippen MR) is 44.5 cm³/mol. The molecule has 0 N–H and O–H groups in total. The fourth-order valence-electron chi connectivity index (χ4n) is 1.59. The molecular formula is C10H12O. The first kappa shape index (κ1) is 6.86. The first-order valence-corrected chi connectivity index (χ1v) is 4.07. The van der Waals surface area contributed by atoms with Crippen molar-refractivity contribution in [2.45, 2.75) is 19.4 Å². The maximum absolute atomic E-state index is 5.50. The van der Waals surface area contributed by atoms with Crippen molar-refractivity contribution in [1.82, 2.24) is 0 Å². The van der Waals surface area contributed by atoms with Gasteiger partial charge in [0, 0.05) is 0 Å². The second kappa shape index (κ2) is 2.67. The van der Waals surface area contributed by atoms with E-state index >= 15 is 0 Å². The molecule has 0 saturated heterocycles. The Bertz CT molecular complexity index is 255. The minimum atomic E-state index is 0.292. The standard InChI is InChI=1S/C10H12O/c1-8-10-5-3-2-4-9(10)6-7-11-8/h2-5,8H,6-7H2,1H3. The minimum absolute atomic E-state index is 0.292. The summed E-state index contributed by atoms with van der Waals surface area (Å²) in [5, 5.41) is 0. The third-order valence-corrected chi connectivity index (χ3v) is 2.23. The van der Waals surface area contributed by atoms with Crippen LogP contribution in [0.4, 0.5) is 0 Å². The molecule has 0 radical (unpaired) electrons. The molecular weight excluding hydrogens is 136 g/mol. The Morgan fingerprint density at radius 1 is 1.36 bits per heavy atom. The normalized spacial score (nSPS) is 22.8. The van der Waals surface area contributed by atoms with E-state index in [9.17, 15) is 0 Å². The number of rotatable bonds is 0. The maximum Gasteiger partial charge on any atom is 0.0799 e. The average molecular weight is 148 g/mol. The Morgan fingerprint density at radius 3 is 3.00 bits per heavy atom. The summed E-state index contributed by atoms with van der Waals surface area (Å²) in [6.45, 7) is 2.98. The van der Waals surface area contributed by atoms with Gasteiger partial charge in [-0.05, 0) is 24.5 Å². The number of benzene rings is 1. The predicted octanol–water partition coefficient (Wildman–Crippen LogP) is 2.32. The average Bonchev–Trinajstić information content (AvgIpc) is 2.06. The molecule has 2 rings (SSSR count). The zero-order valence-electron chi connectivity index (χ0n) is 6.71. The van der Waals surface area contributed by atoms with Gasteiger partial charge in [-0.1, -0.05) is 24.3 Å². The van der Waals surface area contributed by atoms with Crippen LogP contribution < -0.4 is 0 Å². The van der Waals surface area contributed by atoms with Crippen LogP contribution in [-0.4, -0.2) is 6.61 Å². The van der Waals surface area contributed by atoms with Gasteiger partial charge in [-0.25, -0.2) is 0 Å². The van der Waals surface area contributed by atoms with Gasteiger partial charge in [-0.15, -0.1) is 0 Å². The Morgan fingerprint density at radius 2 is 2.18 bits per heavy atom. The van der Waals surface area contributed by atoms with Crippen molar-refractivity contribution >= 4 is 0 Å². The summed E-state index contributed by atoms with van der Waals surface area (Å²) in [7, 11) is 0. The third-order valence-electron chi connectivity index (χ3n) is 2.23. The number of hydrogen-bond acceptors (Lipinski definition) is 1. The molecule has 1 aromatic rings. The molecule has 0 saturated carbocycles. The van der Waals surface area contributed by atoms with Crippen molar-refractivity contribution < 1.29 is 4.74 Å². The van der Waals surface area contributed by atoms with Gasteiger partial charge in [-0.3, -0.25) is 0 Å². The van der Waals surface area contributed by atoms with Gasteiger partial charge in [0.05, 0.1) is 12.7 Å². The largest absolute Gasteiger partial charge is 0.373 e. The van der Waals surface area contributed by atoms with Crippen molar-refractivity contribution in [3.63, 3.8) is 0 Å². The fraction of sp³-hybridized carbons (Fsp3) is 0.400. The summed E-state index contributed by atoms with van der Waals surface area (Å²) in [5.74, 6) is 0. The Balaban J connectivity index is 2.44. The van der Waals surface area contributed by atoms with Crippen LogP contribution in [0.1, 0.15) is 24.2 Å². The number of hydrogen-bond donors (Lipinski definition) is 0. The molecule has 11 heavy (non-hydrogen) atoms. The summed E-state index contributed by atoms with van der Waals surface area (Å²) in [6.07, 6.45) is 1.36. The van der Waals surface area contributed by atoms with E-state index in [1.807, 2.05) is 0 Å². The van der Waals surface area contributed by atoms with Crippen LogP contribution in [0.2, 0.25) is 0 Å². The zero-order chi connectivity index (χ0) is 7.68. The van der Waals surface area contributed by atoms with Crippen LogP contribution in [0.3, 0.4) is 0 Å². The Labute approximate surface area is 67.0 Å². The van der Waals surface area contributed by atoms with Crippen LogP contribution in [-0.2, 0) is 11.2 Å². The van der Waals surface area contributed by atoms with Crippen LogP contribution in [0.25, 0.3) is 0 Å². The van der Waals surface area contributed by atoms with Crippen molar-refractivity contribution in [3.8, 4) is 0 Å². The van der Waals surface area contributed by atoms with E-state index in [0.717, 1.165) is 13.0 Å². The van der Waals surface area contributed by atoms with Crippen molar-refractivity contribution in [1.29, 1.82) is 0 Å². The SMILES string of the molecule is CC1OCCc2ccccc21. The molecule has 1 atom stereocenters. The van der Waals surface area contributed by atoms with E-state index in [-0.39, 0.29) is 0 Å². The third kappa shape index (κ3) is 1.16. The molecule has 1 aliphatic rings. The highest BCUT2D eigenvalue weighted by atomic mass is 16.5. The molecule has 1 aliphatic heterocycles. The molecule has 1 aromatic carbocycles. The van der Waals surface area contributed by atoms with E-state index in [0.29, 0.717) is 6.10 Å². The van der Waals surface area contributed by atoms with Gasteiger partial charge in [-0.2, -0.15) is 0 Å². The lowest BCUT2D eigenvalue weighted by atomic mass is 9.99. The minimum Gasteiger partial charge on any atom is -0.373 e. The van der Waals surface area contributed by atoms with E-state index < -0.39 is 0 Å². The summed E-state index contributed by atoms with van der Waals surface area (Å²) >= 11 is 0. The van der Waals surface area contributed by atoms with Crippen LogP contribution in [0.15, 0.2) is 24.3 Å². The summed E-state index contributed by atoms with van der Waals surface area (Å²) in [6, 6.07) is 8.51. The zero-order valence-corrected chi connectivity index (χ0v) is 6.71. The first-order valence-electron chi connectivity index (χ1n) is 4.07. The van der Waals surface area contributed by atoms with Crippen LogP contribution >= 0.6 is 0 Å². The molecule has 0 aliphatic carbocycles. The molecule has 0 bridgehead atoms. The monoisotopic (exact) mass is 148 g/mol. The van der Waals surface area contributed by atoms with Crippen LogP contribution in [0.5, 0.6) is 0 Å². The molecule has 0 fully saturated rings. The smallest absolute Gasteiger partial charge is 0.0799 e. The van der Waals surface area contributed by atoms with E-state index in [1.165, 1.54) is 11.1 Å². The fourth-order valence-corrected chi connectivity index (χ4v) is 1.59. The van der Waals surface area contributed by atoms with Gasteiger partial charge in [0.2, 0.25) is 0 Å². The van der Waals surface area contributed by atoms with Crippen LogP contribution in [0, 0.1) is 0 Å². The molecule has 1 unspecified atom stereocenters. The second-order valence-corrected chi connectivity index (χ2v) is 2.96. The van der Waals surface area contributed by atoms with E-state index in [2.05, 4.69) is 31.2 Å². The molecule has 0 aromatic heterocycles. The van der Waals surface area contributed by atoms with Crippen molar-refractivity contribution in [2.24, 2.45) is 0 Å². The van der Waals surface area contributed by atoms with Gasteiger partial charge in [0.15, 0.2) is 0 Å². The van der Waals surface area contributed by atoms with Gasteiger partial charge >= 0.3 is 0 Å². The highest BCUT2D eigenvalue weighted by molar-refractivity contribution is 5.30. The second-order valence-electron chi connectivity index (χ2n) is 2.96. The molecule has 0 amide bonds. The molecule has 58 valence electrons. The van der Waals surface area contributed by atoms with Gasteiger partial charge in [0.1, 0.15) is 0 Å². The van der Waals surface area contributed by atoms with E-state index in [1.54, 1.807) is 0 Å². The lowest BCUT2D eigenvalue weighted by Gasteiger charge is -2.22. The van der Waals surface area contributed by atoms with Gasteiger partial charge < -0.3 is 4.74 Å². The number of fused-ring (bicyclic) bond motifs is 1. The van der Waals surface area contributed by atoms with Crippen molar-refractivity contribution in [2.75, 3.05) is 6.61 Å². The molecule has 0 spiro atoms. The lowest BCUT2D eigenvalue weighted by molar-refractivity contribution is 0.0555. The summed E-state index contributed by atoms with van der Waals surface area (Å²) in [5.41, 5.74) is 2.81. The quantitative estimate of drug-likeness (QED) is 0.548. The van der Waals surface area contributed by atoms with E-state index in [4.69, 9.17) is 4.74 Å². The highest BCUT2D eigenvalue weighted by Gasteiger charge is 2.14. The lowest BCUT2D eigenvalue weighted by Crippen LogP contribution is -2.13. The molecule has 1 heterocycles. The van der Waals surface area contributed by atoms with Gasteiger partial charge in [0.25, 0.3) is 0 Å². The first-order chi connectivity index (χ1) is 5.38. The Kier molecular flexibility index (Phi) is 1.66. The Hall–Kier alpha value is -0.820.